The molecule has 1 atom stereocenters. The smallest absolute Gasteiger partial charge is 0.232 e. The fourth-order valence-electron chi connectivity index (χ4n) is 4.28. The van der Waals surface area contributed by atoms with E-state index in [1.807, 2.05) is 86.0 Å². The number of carbonyl (C=O) groups is 1. The molecule has 0 aliphatic rings. The summed E-state index contributed by atoms with van der Waals surface area (Å²) in [6.45, 7) is 3.96. The molecule has 0 radical (unpaired) electrons. The number of benzene rings is 3. The van der Waals surface area contributed by atoms with Gasteiger partial charge < -0.3 is 14.8 Å². The summed E-state index contributed by atoms with van der Waals surface area (Å²) < 4.78 is 10.7. The second-order valence-electron chi connectivity index (χ2n) is 8.96. The number of anilines is 1. The third-order valence-electron chi connectivity index (χ3n) is 6.18. The van der Waals surface area contributed by atoms with Gasteiger partial charge in [0, 0.05) is 17.7 Å². The van der Waals surface area contributed by atoms with Gasteiger partial charge in [-0.3, -0.25) is 4.79 Å². The van der Waals surface area contributed by atoms with Crippen molar-refractivity contribution < 1.29 is 14.3 Å². The van der Waals surface area contributed by atoms with E-state index in [2.05, 4.69) is 22.4 Å². The zero-order chi connectivity index (χ0) is 24.8. The average molecular weight is 487 g/mol. The molecular weight excluding hydrogens is 456 g/mol. The van der Waals surface area contributed by atoms with Crippen LogP contribution in [0.25, 0.3) is 0 Å². The molecule has 3 aromatic carbocycles. The molecule has 4 aromatic rings. The summed E-state index contributed by atoms with van der Waals surface area (Å²) in [5, 5.41) is 5.66. The summed E-state index contributed by atoms with van der Waals surface area (Å²) in [6, 6.07) is 26.0. The summed E-state index contributed by atoms with van der Waals surface area (Å²) in [4.78, 5) is 18.3. The van der Waals surface area contributed by atoms with Crippen LogP contribution in [0.1, 0.15) is 42.1 Å². The highest BCUT2D eigenvalue weighted by Gasteiger charge is 2.39. The second kappa shape index (κ2) is 10.7. The Labute approximate surface area is 210 Å². The molecular formula is C29H30N2O3S. The van der Waals surface area contributed by atoms with Crippen LogP contribution in [0.15, 0.2) is 84.2 Å². The highest BCUT2D eigenvalue weighted by atomic mass is 32.1. The van der Waals surface area contributed by atoms with E-state index in [0.29, 0.717) is 11.6 Å². The van der Waals surface area contributed by atoms with Crippen molar-refractivity contribution in [3.8, 4) is 11.5 Å². The van der Waals surface area contributed by atoms with E-state index in [4.69, 9.17) is 9.47 Å². The van der Waals surface area contributed by atoms with Gasteiger partial charge in [-0.05, 0) is 41.0 Å². The fraction of sp³-hybridized carbons (Fsp3) is 0.241. The van der Waals surface area contributed by atoms with Crippen molar-refractivity contribution in [3.63, 3.8) is 0 Å². The van der Waals surface area contributed by atoms with Crippen LogP contribution in [-0.4, -0.2) is 25.1 Å². The van der Waals surface area contributed by atoms with Gasteiger partial charge in [-0.15, -0.1) is 11.3 Å². The molecule has 1 unspecified atom stereocenters. The molecule has 0 aliphatic heterocycles. The lowest BCUT2D eigenvalue weighted by molar-refractivity contribution is -0.124. The van der Waals surface area contributed by atoms with Crippen LogP contribution < -0.4 is 14.8 Å². The SMILES string of the molecule is COc1ccc(Cc2csc(NC(=O)C(C)(C)C(c3ccccc3)c3cccc(OC)c3)n2)cc1. The van der Waals surface area contributed by atoms with Crippen LogP contribution in [0.4, 0.5) is 5.13 Å². The average Bonchev–Trinajstić information content (AvgIpc) is 3.31. The first-order valence-corrected chi connectivity index (χ1v) is 12.4. The molecule has 0 spiro atoms. The normalized spacial score (nSPS) is 12.1. The molecule has 1 aromatic heterocycles. The van der Waals surface area contributed by atoms with Crippen LogP contribution in [0, 0.1) is 5.41 Å². The third-order valence-corrected chi connectivity index (χ3v) is 6.99. The lowest BCUT2D eigenvalue weighted by Crippen LogP contribution is -2.37. The van der Waals surface area contributed by atoms with Crippen molar-refractivity contribution in [2.75, 3.05) is 19.5 Å². The molecule has 5 nitrogen and oxygen atoms in total. The molecule has 35 heavy (non-hydrogen) atoms. The van der Waals surface area contributed by atoms with Gasteiger partial charge in [-0.2, -0.15) is 0 Å². The van der Waals surface area contributed by atoms with Gasteiger partial charge in [0.15, 0.2) is 5.13 Å². The molecule has 6 heteroatoms. The number of thiazole rings is 1. The number of hydrogen-bond donors (Lipinski definition) is 1. The van der Waals surface area contributed by atoms with E-state index in [9.17, 15) is 4.79 Å². The molecule has 1 amide bonds. The predicted octanol–water partition coefficient (Wildman–Crippen LogP) is 6.55. The monoisotopic (exact) mass is 486 g/mol. The fourth-order valence-corrected chi connectivity index (χ4v) is 4.99. The van der Waals surface area contributed by atoms with Crippen molar-refractivity contribution in [1.29, 1.82) is 0 Å². The van der Waals surface area contributed by atoms with Crippen LogP contribution in [-0.2, 0) is 11.2 Å². The van der Waals surface area contributed by atoms with E-state index < -0.39 is 5.41 Å². The quantitative estimate of drug-likeness (QED) is 0.291. The first-order chi connectivity index (χ1) is 16.9. The van der Waals surface area contributed by atoms with Gasteiger partial charge in [-0.1, -0.05) is 68.4 Å². The summed E-state index contributed by atoms with van der Waals surface area (Å²) in [7, 11) is 3.31. The van der Waals surface area contributed by atoms with E-state index in [1.165, 1.54) is 11.3 Å². The zero-order valence-corrected chi connectivity index (χ0v) is 21.3. The Morgan fingerprint density at radius 1 is 0.914 bits per heavy atom. The number of rotatable bonds is 9. The molecule has 1 N–H and O–H groups in total. The largest absolute Gasteiger partial charge is 0.497 e. The second-order valence-corrected chi connectivity index (χ2v) is 9.82. The number of amides is 1. The first-order valence-electron chi connectivity index (χ1n) is 11.5. The van der Waals surface area contributed by atoms with Crippen molar-refractivity contribution in [3.05, 3.63) is 107 Å². The van der Waals surface area contributed by atoms with Crippen LogP contribution >= 0.6 is 11.3 Å². The Morgan fingerprint density at radius 2 is 1.60 bits per heavy atom. The van der Waals surface area contributed by atoms with Gasteiger partial charge in [-0.25, -0.2) is 4.98 Å². The molecule has 0 fully saturated rings. The van der Waals surface area contributed by atoms with Gasteiger partial charge >= 0.3 is 0 Å². The Balaban J connectivity index is 1.55. The van der Waals surface area contributed by atoms with E-state index in [0.717, 1.165) is 33.9 Å². The predicted molar refractivity (Wildman–Crippen MR) is 142 cm³/mol. The van der Waals surface area contributed by atoms with Crippen LogP contribution in [0.2, 0.25) is 0 Å². The highest BCUT2D eigenvalue weighted by Crippen LogP contribution is 2.42. The van der Waals surface area contributed by atoms with Gasteiger partial charge in [0.1, 0.15) is 11.5 Å². The maximum absolute atomic E-state index is 13.6. The van der Waals surface area contributed by atoms with E-state index >= 15 is 0 Å². The Morgan fingerprint density at radius 3 is 2.29 bits per heavy atom. The maximum Gasteiger partial charge on any atom is 0.232 e. The topological polar surface area (TPSA) is 60.5 Å². The lowest BCUT2D eigenvalue weighted by Gasteiger charge is -2.34. The molecule has 4 rings (SSSR count). The first kappa shape index (κ1) is 24.5. The van der Waals surface area contributed by atoms with Gasteiger partial charge in [0.25, 0.3) is 0 Å². The molecule has 180 valence electrons. The third kappa shape index (κ3) is 5.72. The summed E-state index contributed by atoms with van der Waals surface area (Å²) >= 11 is 1.44. The number of aromatic nitrogens is 1. The minimum absolute atomic E-state index is 0.0838. The Hall–Kier alpha value is -3.64. The molecule has 0 saturated heterocycles. The maximum atomic E-state index is 13.6. The number of methoxy groups -OCH3 is 2. The van der Waals surface area contributed by atoms with Crippen LogP contribution in [0.3, 0.4) is 0 Å². The van der Waals surface area contributed by atoms with Crippen molar-refractivity contribution >= 4 is 22.4 Å². The summed E-state index contributed by atoms with van der Waals surface area (Å²) in [5.74, 6) is 1.34. The number of ether oxygens (including phenoxy) is 2. The number of nitrogens with one attached hydrogen (secondary N) is 1. The minimum Gasteiger partial charge on any atom is -0.497 e. The Kier molecular flexibility index (Phi) is 7.51. The summed E-state index contributed by atoms with van der Waals surface area (Å²) in [6.07, 6.45) is 0.691. The van der Waals surface area contributed by atoms with Crippen LogP contribution in [0.5, 0.6) is 11.5 Å². The van der Waals surface area contributed by atoms with Crippen molar-refractivity contribution in [2.24, 2.45) is 5.41 Å². The number of nitrogens with zero attached hydrogens (tertiary/aromatic N) is 1. The number of carbonyl (C=O) groups excluding carboxylic acids is 1. The highest BCUT2D eigenvalue weighted by molar-refractivity contribution is 7.13. The van der Waals surface area contributed by atoms with Gasteiger partial charge in [0.2, 0.25) is 5.91 Å². The molecule has 0 saturated carbocycles. The summed E-state index contributed by atoms with van der Waals surface area (Å²) in [5.41, 5.74) is 3.39. The van der Waals surface area contributed by atoms with Crippen molar-refractivity contribution in [2.45, 2.75) is 26.2 Å². The zero-order valence-electron chi connectivity index (χ0n) is 20.4. The number of hydrogen-bond acceptors (Lipinski definition) is 5. The molecule has 0 aliphatic carbocycles. The minimum atomic E-state index is -0.754. The lowest BCUT2D eigenvalue weighted by atomic mass is 9.70. The van der Waals surface area contributed by atoms with Crippen molar-refractivity contribution in [1.82, 2.24) is 4.98 Å². The molecule has 0 bridgehead atoms. The molecule has 1 heterocycles. The van der Waals surface area contributed by atoms with E-state index in [1.54, 1.807) is 14.2 Å². The van der Waals surface area contributed by atoms with E-state index in [-0.39, 0.29) is 11.8 Å². The van der Waals surface area contributed by atoms with Gasteiger partial charge in [0.05, 0.1) is 25.3 Å². The Bertz CT molecular complexity index is 1270. The standard InChI is InChI=1S/C29H30N2O3S/c1-29(2,26(21-9-6-5-7-10-21)22-11-8-12-25(18-22)34-4)27(32)31-28-30-23(19-35-28)17-20-13-15-24(33-3)16-14-20/h5-16,18-19,26H,17H2,1-4H3,(H,30,31,32).